The van der Waals surface area contributed by atoms with E-state index >= 15 is 0 Å². The molecule has 0 spiro atoms. The molecule has 0 amide bonds. The van der Waals surface area contributed by atoms with Gasteiger partial charge in [0.1, 0.15) is 5.75 Å². The average Bonchev–Trinajstić information content (AvgIpc) is 2.72. The van der Waals surface area contributed by atoms with Crippen LogP contribution in [0.3, 0.4) is 0 Å². The molecule has 3 nitrogen and oxygen atoms in total. The van der Waals surface area contributed by atoms with E-state index in [1.807, 2.05) is 36.4 Å². The van der Waals surface area contributed by atoms with Gasteiger partial charge in [-0.1, -0.05) is 36.4 Å². The first-order chi connectivity index (χ1) is 8.25. The van der Waals surface area contributed by atoms with E-state index in [0.717, 1.165) is 22.1 Å². The fraction of sp³-hybridized carbons (Fsp3) is 0.214. The molecular formula is C14H12O3. The van der Waals surface area contributed by atoms with Crippen LogP contribution in [0.2, 0.25) is 0 Å². The van der Waals surface area contributed by atoms with Crippen molar-refractivity contribution in [3.05, 3.63) is 42.0 Å². The summed E-state index contributed by atoms with van der Waals surface area (Å²) in [5, 5.41) is 11.1. The Labute approximate surface area is 98.6 Å². The van der Waals surface area contributed by atoms with E-state index in [-0.39, 0.29) is 12.3 Å². The summed E-state index contributed by atoms with van der Waals surface area (Å²) in [7, 11) is 0. The summed E-state index contributed by atoms with van der Waals surface area (Å²) in [5.74, 6) is 0.0565. The lowest BCUT2D eigenvalue weighted by Gasteiger charge is -2.06. The first kappa shape index (κ1) is 10.1. The Morgan fingerprint density at radius 2 is 2.12 bits per heavy atom. The van der Waals surface area contributed by atoms with Crippen molar-refractivity contribution >= 4 is 16.7 Å². The Kier molecular flexibility index (Phi) is 2.25. The molecule has 2 aromatic carbocycles. The second-order valence-electron chi connectivity index (χ2n) is 4.31. The zero-order valence-electron chi connectivity index (χ0n) is 9.22. The minimum absolute atomic E-state index is 0.0212. The topological polar surface area (TPSA) is 46.5 Å². The van der Waals surface area contributed by atoms with Gasteiger partial charge in [-0.2, -0.15) is 0 Å². The smallest absolute Gasteiger partial charge is 0.304 e. The van der Waals surface area contributed by atoms with Crippen molar-refractivity contribution in [1.82, 2.24) is 0 Å². The lowest BCUT2D eigenvalue weighted by Crippen LogP contribution is -2.07. The van der Waals surface area contributed by atoms with Crippen LogP contribution in [0.4, 0.5) is 0 Å². The third kappa shape index (κ3) is 1.64. The molecule has 17 heavy (non-hydrogen) atoms. The van der Waals surface area contributed by atoms with Gasteiger partial charge in [-0.3, -0.25) is 4.79 Å². The number of aliphatic carboxylic acids is 1. The molecule has 1 N–H and O–H groups in total. The second-order valence-corrected chi connectivity index (χ2v) is 4.31. The molecule has 2 aromatic rings. The summed E-state index contributed by atoms with van der Waals surface area (Å²) >= 11 is 0. The predicted octanol–water partition coefficient (Wildman–Crippen LogP) is 2.79. The third-order valence-corrected chi connectivity index (χ3v) is 3.20. The quantitative estimate of drug-likeness (QED) is 0.859. The van der Waals surface area contributed by atoms with Gasteiger partial charge < -0.3 is 9.84 Å². The van der Waals surface area contributed by atoms with E-state index in [2.05, 4.69) is 0 Å². The van der Waals surface area contributed by atoms with Gasteiger partial charge in [-0.25, -0.2) is 0 Å². The third-order valence-electron chi connectivity index (χ3n) is 3.20. The molecule has 3 heteroatoms. The fourth-order valence-electron chi connectivity index (χ4n) is 2.40. The molecule has 3 rings (SSSR count). The molecule has 86 valence electrons. The van der Waals surface area contributed by atoms with Gasteiger partial charge in [0, 0.05) is 16.9 Å². The van der Waals surface area contributed by atoms with E-state index in [0.29, 0.717) is 6.61 Å². The fourth-order valence-corrected chi connectivity index (χ4v) is 2.40. The number of fused-ring (bicyclic) bond motifs is 3. The number of rotatable bonds is 2. The van der Waals surface area contributed by atoms with E-state index in [1.165, 1.54) is 0 Å². The lowest BCUT2D eigenvalue weighted by atomic mass is 9.95. The molecule has 1 aliphatic heterocycles. The zero-order valence-corrected chi connectivity index (χ0v) is 9.22. The van der Waals surface area contributed by atoms with E-state index < -0.39 is 5.97 Å². The molecule has 0 unspecified atom stereocenters. The summed E-state index contributed by atoms with van der Waals surface area (Å²) in [5.41, 5.74) is 1.02. The van der Waals surface area contributed by atoms with Crippen LogP contribution in [0, 0.1) is 0 Å². The van der Waals surface area contributed by atoms with Gasteiger partial charge in [0.2, 0.25) is 0 Å². The van der Waals surface area contributed by atoms with Crippen LogP contribution >= 0.6 is 0 Å². The van der Waals surface area contributed by atoms with Crippen molar-refractivity contribution in [3.8, 4) is 5.75 Å². The molecule has 0 radical (unpaired) electrons. The van der Waals surface area contributed by atoms with E-state index in [9.17, 15) is 4.79 Å². The molecule has 1 aliphatic rings. The monoisotopic (exact) mass is 228 g/mol. The maximum atomic E-state index is 10.8. The highest BCUT2D eigenvalue weighted by molar-refractivity contribution is 5.90. The minimum Gasteiger partial charge on any atom is -0.492 e. The van der Waals surface area contributed by atoms with Crippen molar-refractivity contribution in [2.75, 3.05) is 6.61 Å². The number of carboxylic acid groups (broad SMARTS) is 1. The predicted molar refractivity (Wildman–Crippen MR) is 64.4 cm³/mol. The van der Waals surface area contributed by atoms with Gasteiger partial charge in [0.25, 0.3) is 0 Å². The van der Waals surface area contributed by atoms with E-state index in [1.54, 1.807) is 0 Å². The van der Waals surface area contributed by atoms with Crippen LogP contribution < -0.4 is 4.74 Å². The average molecular weight is 228 g/mol. The molecule has 0 aliphatic carbocycles. The maximum absolute atomic E-state index is 10.8. The Bertz CT molecular complexity index is 589. The van der Waals surface area contributed by atoms with Gasteiger partial charge in [-0.05, 0) is 5.39 Å². The molecule has 0 bridgehead atoms. The maximum Gasteiger partial charge on any atom is 0.304 e. The van der Waals surface area contributed by atoms with Crippen LogP contribution in [0.25, 0.3) is 10.8 Å². The largest absolute Gasteiger partial charge is 0.492 e. The van der Waals surface area contributed by atoms with Crippen molar-refractivity contribution in [2.24, 2.45) is 0 Å². The number of ether oxygens (including phenoxy) is 1. The van der Waals surface area contributed by atoms with Crippen LogP contribution in [0.1, 0.15) is 17.9 Å². The highest BCUT2D eigenvalue weighted by Crippen LogP contribution is 2.40. The highest BCUT2D eigenvalue weighted by atomic mass is 16.5. The van der Waals surface area contributed by atoms with Gasteiger partial charge >= 0.3 is 5.97 Å². The second kappa shape index (κ2) is 3.77. The Morgan fingerprint density at radius 1 is 1.29 bits per heavy atom. The molecule has 0 saturated heterocycles. The van der Waals surface area contributed by atoms with Crippen molar-refractivity contribution in [3.63, 3.8) is 0 Å². The van der Waals surface area contributed by atoms with Crippen molar-refractivity contribution in [2.45, 2.75) is 12.3 Å². The Hall–Kier alpha value is -2.03. The number of hydrogen-bond donors (Lipinski definition) is 1. The first-order valence-electron chi connectivity index (χ1n) is 5.62. The first-order valence-corrected chi connectivity index (χ1v) is 5.62. The zero-order chi connectivity index (χ0) is 11.8. The summed E-state index contributed by atoms with van der Waals surface area (Å²) in [6.45, 7) is 0.468. The summed E-state index contributed by atoms with van der Waals surface area (Å²) in [6.07, 6.45) is 0.130. The number of carbonyl (C=O) groups is 1. The van der Waals surface area contributed by atoms with Crippen LogP contribution in [0.15, 0.2) is 36.4 Å². The molecular weight excluding hydrogens is 216 g/mol. The molecule has 1 heterocycles. The minimum atomic E-state index is -0.778. The molecule has 0 fully saturated rings. The highest BCUT2D eigenvalue weighted by Gasteiger charge is 2.27. The van der Waals surface area contributed by atoms with Gasteiger partial charge in [0.05, 0.1) is 13.0 Å². The number of benzene rings is 2. The van der Waals surface area contributed by atoms with Gasteiger partial charge in [0.15, 0.2) is 0 Å². The number of carboxylic acids is 1. The normalized spacial score (nSPS) is 17.8. The van der Waals surface area contributed by atoms with E-state index in [4.69, 9.17) is 9.84 Å². The summed E-state index contributed by atoms with van der Waals surface area (Å²) < 4.78 is 5.66. The van der Waals surface area contributed by atoms with Crippen LogP contribution in [-0.2, 0) is 4.79 Å². The molecule has 0 saturated carbocycles. The van der Waals surface area contributed by atoms with Crippen molar-refractivity contribution in [1.29, 1.82) is 0 Å². The molecule has 0 aromatic heterocycles. The molecule has 1 atom stereocenters. The van der Waals surface area contributed by atoms with Crippen LogP contribution in [0.5, 0.6) is 5.75 Å². The Morgan fingerprint density at radius 3 is 2.94 bits per heavy atom. The van der Waals surface area contributed by atoms with Gasteiger partial charge in [-0.15, -0.1) is 0 Å². The lowest BCUT2D eigenvalue weighted by molar-refractivity contribution is -0.137. The number of hydrogen-bond acceptors (Lipinski definition) is 2. The summed E-state index contributed by atoms with van der Waals surface area (Å²) in [4.78, 5) is 10.8. The van der Waals surface area contributed by atoms with Crippen molar-refractivity contribution < 1.29 is 14.6 Å². The SMILES string of the molecule is O=C(O)C[C@@H]1COc2c1ccc1ccccc21. The Balaban J connectivity index is 2.11. The summed E-state index contributed by atoms with van der Waals surface area (Å²) in [6, 6.07) is 12.0. The van der Waals surface area contributed by atoms with Crippen LogP contribution in [-0.4, -0.2) is 17.7 Å². The standard InChI is InChI=1S/C14H12O3/c15-13(16)7-10-8-17-14-11-4-2-1-3-9(11)5-6-12(10)14/h1-6,10H,7-8H2,(H,15,16)/t10-/m1/s1.